The third kappa shape index (κ3) is 21.9. The lowest BCUT2D eigenvalue weighted by molar-refractivity contribution is 0.526. The molecule has 0 saturated carbocycles. The summed E-state index contributed by atoms with van der Waals surface area (Å²) in [4.78, 5) is 0. The highest BCUT2D eigenvalue weighted by molar-refractivity contribution is 7.88. The molecular weight excluding hydrogens is 318 g/mol. The molecule has 4 heteroatoms. The van der Waals surface area contributed by atoms with E-state index in [0.29, 0.717) is 6.42 Å². The van der Waals surface area contributed by atoms with Gasteiger partial charge in [-0.05, 0) is 6.42 Å². The Labute approximate surface area is 152 Å². The van der Waals surface area contributed by atoms with Gasteiger partial charge in [0.25, 0.3) is 0 Å². The van der Waals surface area contributed by atoms with Crippen molar-refractivity contribution in [2.45, 2.75) is 122 Å². The van der Waals surface area contributed by atoms with Gasteiger partial charge in [0.1, 0.15) is 0 Å². The molecule has 0 heterocycles. The monoisotopic (exact) mass is 360 g/mol. The van der Waals surface area contributed by atoms with Gasteiger partial charge in [0.2, 0.25) is 10.0 Å². The molecule has 0 bridgehead atoms. The van der Waals surface area contributed by atoms with Crippen LogP contribution < -0.4 is 5.14 Å². The van der Waals surface area contributed by atoms with E-state index in [0.717, 1.165) is 12.8 Å². The molecule has 0 amide bonds. The maximum absolute atomic E-state index is 10.7. The smallest absolute Gasteiger partial charge is 0.211 e. The molecule has 0 spiro atoms. The number of nitrogens with one attached hydrogen (secondary N) is 1. The van der Waals surface area contributed by atoms with Crippen molar-refractivity contribution in [3.8, 4) is 0 Å². The summed E-state index contributed by atoms with van der Waals surface area (Å²) in [6.45, 7) is 2.27. The first kappa shape index (κ1) is 23.9. The average Bonchev–Trinajstić information content (AvgIpc) is 2.52. The quantitative estimate of drug-likeness (QED) is 0.242. The summed E-state index contributed by atoms with van der Waals surface area (Å²) in [5.41, 5.74) is 0. The highest BCUT2D eigenvalue weighted by atomic mass is 32.2. The highest BCUT2D eigenvalue weighted by Crippen LogP contribution is 2.14. The first-order chi connectivity index (χ1) is 11.6. The van der Waals surface area contributed by atoms with Crippen molar-refractivity contribution in [2.75, 3.05) is 5.75 Å². The molecule has 0 aliphatic rings. The zero-order valence-corrected chi connectivity index (χ0v) is 17.0. The van der Waals surface area contributed by atoms with Crippen LogP contribution in [0.15, 0.2) is 0 Å². The number of rotatable bonds is 19. The fourth-order valence-corrected chi connectivity index (χ4v) is 3.78. The van der Waals surface area contributed by atoms with Crippen molar-refractivity contribution in [1.29, 1.82) is 0 Å². The van der Waals surface area contributed by atoms with E-state index in [2.05, 4.69) is 6.92 Å². The first-order valence-electron chi connectivity index (χ1n) is 10.5. The topological polar surface area (TPSA) is 57.9 Å². The summed E-state index contributed by atoms with van der Waals surface area (Å²) in [5, 5.41) is 6.80. The highest BCUT2D eigenvalue weighted by Gasteiger charge is 2.02. The van der Waals surface area contributed by atoms with Gasteiger partial charge in [-0.1, -0.05) is 116 Å². The largest absolute Gasteiger partial charge is 0.225 e. The number of hydrogen-bond acceptors (Lipinski definition) is 2. The van der Waals surface area contributed by atoms with E-state index in [4.69, 9.17) is 5.14 Å². The Bertz CT molecular complexity index is 342. The second kappa shape index (κ2) is 17.7. The van der Waals surface area contributed by atoms with Crippen LogP contribution in [0.3, 0.4) is 0 Å². The van der Waals surface area contributed by atoms with Crippen molar-refractivity contribution in [3.63, 3.8) is 0 Å². The second-order valence-corrected chi connectivity index (χ2v) is 8.97. The van der Waals surface area contributed by atoms with Crippen molar-refractivity contribution in [2.24, 2.45) is 0 Å². The minimum atomic E-state index is -3.50. The van der Waals surface area contributed by atoms with Crippen LogP contribution in [0.25, 0.3) is 0 Å². The molecule has 0 saturated heterocycles. The van der Waals surface area contributed by atoms with Gasteiger partial charge in [0, 0.05) is 0 Å². The molecule has 0 aliphatic heterocycles. The van der Waals surface area contributed by atoms with Crippen LogP contribution in [0.5, 0.6) is 0 Å². The molecular formula is C20H42NO2S. The van der Waals surface area contributed by atoms with E-state index in [1.54, 1.807) is 0 Å². The predicted octanol–water partition coefficient (Wildman–Crippen LogP) is 6.64. The Hall–Kier alpha value is -0.0900. The lowest BCUT2D eigenvalue weighted by atomic mass is 10.0. The van der Waals surface area contributed by atoms with Crippen molar-refractivity contribution < 1.29 is 8.42 Å². The van der Waals surface area contributed by atoms with Crippen LogP contribution in [0.4, 0.5) is 0 Å². The van der Waals surface area contributed by atoms with Crippen LogP contribution in [0.1, 0.15) is 122 Å². The summed E-state index contributed by atoms with van der Waals surface area (Å²) in [7, 11) is -3.50. The molecule has 0 aliphatic carbocycles. The molecule has 0 aromatic carbocycles. The number of sulfonamides is 1. The van der Waals surface area contributed by atoms with E-state index in [1.165, 1.54) is 96.3 Å². The predicted molar refractivity (Wildman–Crippen MR) is 106 cm³/mol. The summed E-state index contributed by atoms with van der Waals surface area (Å²) in [6, 6.07) is 0. The van der Waals surface area contributed by atoms with E-state index in [1.807, 2.05) is 0 Å². The minimum Gasteiger partial charge on any atom is -0.211 e. The Morgan fingerprint density at radius 3 is 1.00 bits per heavy atom. The molecule has 0 rings (SSSR count). The third-order valence-electron chi connectivity index (χ3n) is 4.77. The summed E-state index contributed by atoms with van der Waals surface area (Å²) < 4.78 is 21.3. The number of unbranched alkanes of at least 4 members (excludes halogenated alkanes) is 17. The van der Waals surface area contributed by atoms with E-state index in [9.17, 15) is 8.42 Å². The van der Waals surface area contributed by atoms with Crippen molar-refractivity contribution in [3.05, 3.63) is 0 Å². The minimum absolute atomic E-state index is 0.0335. The maximum atomic E-state index is 10.7. The molecule has 3 nitrogen and oxygen atoms in total. The summed E-state index contributed by atoms with van der Waals surface area (Å²) in [5.74, 6) is 0.0335. The SMILES string of the molecule is CCCCCCCCCCCCCCCCCCCCS([NH])(=O)=O. The first-order valence-corrected chi connectivity index (χ1v) is 12.2. The van der Waals surface area contributed by atoms with Gasteiger partial charge in [-0.2, -0.15) is 0 Å². The lowest BCUT2D eigenvalue weighted by Crippen LogP contribution is -2.05. The van der Waals surface area contributed by atoms with E-state index in [-0.39, 0.29) is 5.75 Å². The van der Waals surface area contributed by atoms with Gasteiger partial charge < -0.3 is 0 Å². The van der Waals surface area contributed by atoms with Crippen molar-refractivity contribution >= 4 is 10.0 Å². The van der Waals surface area contributed by atoms with Gasteiger partial charge in [0.05, 0.1) is 5.75 Å². The van der Waals surface area contributed by atoms with E-state index < -0.39 is 10.0 Å². The van der Waals surface area contributed by atoms with Gasteiger partial charge >= 0.3 is 0 Å². The number of hydrogen-bond donors (Lipinski definition) is 0. The van der Waals surface area contributed by atoms with Crippen LogP contribution in [0, 0.1) is 0 Å². The maximum Gasteiger partial charge on any atom is 0.225 e. The van der Waals surface area contributed by atoms with Crippen molar-refractivity contribution in [1.82, 2.24) is 5.14 Å². The second-order valence-electron chi connectivity index (χ2n) is 7.33. The van der Waals surface area contributed by atoms with Crippen LogP contribution in [-0.2, 0) is 10.0 Å². The van der Waals surface area contributed by atoms with Crippen LogP contribution in [0.2, 0.25) is 0 Å². The zero-order valence-electron chi connectivity index (χ0n) is 16.2. The molecule has 1 radical (unpaired) electrons. The standard InChI is InChI=1S/C20H42NO2S/c1-2-3-4-5-6-7-8-9-10-11-12-13-14-15-16-17-18-19-20-24(21,22)23/h21H,2-20H2,1H3. The molecule has 0 atom stereocenters. The third-order valence-corrected chi connectivity index (χ3v) is 5.59. The Balaban J connectivity index is 3.03. The molecule has 1 N–H and O–H groups in total. The van der Waals surface area contributed by atoms with Crippen LogP contribution in [-0.4, -0.2) is 14.2 Å². The van der Waals surface area contributed by atoms with Gasteiger partial charge in [-0.25, -0.2) is 8.42 Å². The molecule has 0 fully saturated rings. The Morgan fingerprint density at radius 1 is 0.500 bits per heavy atom. The summed E-state index contributed by atoms with van der Waals surface area (Å²) in [6.07, 6.45) is 23.5. The zero-order chi connectivity index (χ0) is 17.9. The Kier molecular flexibility index (Phi) is 17.7. The fraction of sp³-hybridized carbons (Fsp3) is 1.00. The molecule has 145 valence electrons. The lowest BCUT2D eigenvalue weighted by Gasteiger charge is -2.03. The molecule has 0 aromatic heterocycles. The van der Waals surface area contributed by atoms with Gasteiger partial charge in [-0.15, -0.1) is 5.14 Å². The molecule has 24 heavy (non-hydrogen) atoms. The fourth-order valence-electron chi connectivity index (χ4n) is 3.19. The summed E-state index contributed by atoms with van der Waals surface area (Å²) >= 11 is 0. The van der Waals surface area contributed by atoms with E-state index >= 15 is 0 Å². The van der Waals surface area contributed by atoms with Gasteiger partial charge in [-0.3, -0.25) is 0 Å². The van der Waals surface area contributed by atoms with Crippen LogP contribution >= 0.6 is 0 Å². The Morgan fingerprint density at radius 2 is 0.750 bits per heavy atom. The molecule has 0 unspecified atom stereocenters. The molecule has 0 aromatic rings. The average molecular weight is 361 g/mol. The van der Waals surface area contributed by atoms with Gasteiger partial charge in [0.15, 0.2) is 0 Å². The normalized spacial score (nSPS) is 11.9.